The van der Waals surface area contributed by atoms with E-state index in [4.69, 9.17) is 4.52 Å². The van der Waals surface area contributed by atoms with Gasteiger partial charge in [-0.3, -0.25) is 4.79 Å². The summed E-state index contributed by atoms with van der Waals surface area (Å²) in [5.74, 6) is 1.02. The minimum absolute atomic E-state index is 0.0999. The average molecular weight is 403 g/mol. The van der Waals surface area contributed by atoms with Crippen molar-refractivity contribution < 1.29 is 9.32 Å². The van der Waals surface area contributed by atoms with E-state index < -0.39 is 5.54 Å². The molecule has 0 unspecified atom stereocenters. The number of aromatic nitrogens is 3. The van der Waals surface area contributed by atoms with E-state index in [2.05, 4.69) is 20.4 Å². The maximum Gasteiger partial charge on any atom is 0.264 e. The second-order valence-corrected chi connectivity index (χ2v) is 8.95. The van der Waals surface area contributed by atoms with Gasteiger partial charge in [-0.05, 0) is 31.2 Å². The Hall–Kier alpha value is -2.06. The Kier molecular flexibility index (Phi) is 5.10. The van der Waals surface area contributed by atoms with Crippen molar-refractivity contribution in [2.24, 2.45) is 0 Å². The van der Waals surface area contributed by atoms with Crippen LogP contribution < -0.4 is 5.32 Å². The van der Waals surface area contributed by atoms with Gasteiger partial charge in [-0.25, -0.2) is 4.98 Å². The molecule has 1 amide bonds. The average Bonchev–Trinajstić information content (AvgIpc) is 3.36. The molecule has 1 aliphatic carbocycles. The van der Waals surface area contributed by atoms with Crippen LogP contribution in [0.5, 0.6) is 0 Å². The molecule has 0 aromatic carbocycles. The van der Waals surface area contributed by atoms with Crippen LogP contribution >= 0.6 is 22.7 Å². The summed E-state index contributed by atoms with van der Waals surface area (Å²) in [4.78, 5) is 24.0. The Morgan fingerprint density at radius 1 is 1.19 bits per heavy atom. The summed E-state index contributed by atoms with van der Waals surface area (Å²) < 4.78 is 5.23. The lowest BCUT2D eigenvalue weighted by Crippen LogP contribution is -2.46. The van der Waals surface area contributed by atoms with E-state index in [0.717, 1.165) is 54.1 Å². The maximum absolute atomic E-state index is 13.2. The second kappa shape index (κ2) is 7.52. The summed E-state index contributed by atoms with van der Waals surface area (Å²) in [6.07, 6.45) is 6.06. The first-order valence-electron chi connectivity index (χ1n) is 9.22. The fraction of sp³-hybridized carbons (Fsp3) is 0.474. The van der Waals surface area contributed by atoms with E-state index in [1.54, 1.807) is 18.3 Å². The molecule has 8 heteroatoms. The van der Waals surface area contributed by atoms with Crippen molar-refractivity contribution in [3.8, 4) is 9.88 Å². The molecule has 4 rings (SSSR count). The topological polar surface area (TPSA) is 80.9 Å². The molecular weight excluding hydrogens is 380 g/mol. The molecule has 1 aliphatic rings. The van der Waals surface area contributed by atoms with E-state index in [-0.39, 0.29) is 5.91 Å². The van der Waals surface area contributed by atoms with Gasteiger partial charge in [-0.2, -0.15) is 4.98 Å². The lowest BCUT2D eigenvalue weighted by Gasteiger charge is -2.30. The third-order valence-corrected chi connectivity index (χ3v) is 7.20. The molecule has 1 N–H and O–H groups in total. The number of rotatable bonds is 4. The smallest absolute Gasteiger partial charge is 0.264 e. The number of hydrogen-bond donors (Lipinski definition) is 1. The van der Waals surface area contributed by atoms with Gasteiger partial charge >= 0.3 is 0 Å². The van der Waals surface area contributed by atoms with Gasteiger partial charge in [0, 0.05) is 6.92 Å². The maximum atomic E-state index is 13.2. The van der Waals surface area contributed by atoms with E-state index in [0.29, 0.717) is 16.6 Å². The first kappa shape index (κ1) is 18.3. The van der Waals surface area contributed by atoms with Crippen LogP contribution in [0, 0.1) is 13.8 Å². The summed E-state index contributed by atoms with van der Waals surface area (Å²) in [5.41, 5.74) is 0.194. The summed E-state index contributed by atoms with van der Waals surface area (Å²) in [7, 11) is 0. The molecule has 3 aromatic heterocycles. The van der Waals surface area contributed by atoms with Gasteiger partial charge in [0.1, 0.15) is 15.4 Å². The summed E-state index contributed by atoms with van der Waals surface area (Å²) >= 11 is 3.07. The molecule has 1 fully saturated rings. The van der Waals surface area contributed by atoms with E-state index in [1.807, 2.05) is 24.4 Å². The Morgan fingerprint density at radius 2 is 1.96 bits per heavy atom. The molecule has 0 saturated heterocycles. The van der Waals surface area contributed by atoms with E-state index in [1.165, 1.54) is 11.3 Å². The predicted octanol–water partition coefficient (Wildman–Crippen LogP) is 4.85. The number of carbonyl (C=O) groups is 1. The molecule has 0 aliphatic heterocycles. The highest BCUT2D eigenvalue weighted by molar-refractivity contribution is 7.22. The molecule has 0 atom stereocenters. The number of thiophene rings is 1. The third-order valence-electron chi connectivity index (χ3n) is 5.00. The largest absolute Gasteiger partial charge is 0.340 e. The molecular formula is C19H22N4O2S2. The van der Waals surface area contributed by atoms with E-state index >= 15 is 0 Å². The summed E-state index contributed by atoms with van der Waals surface area (Å²) in [6.45, 7) is 3.67. The molecule has 142 valence electrons. The van der Waals surface area contributed by atoms with Crippen LogP contribution in [-0.4, -0.2) is 21.0 Å². The Bertz CT molecular complexity index is 922. The van der Waals surface area contributed by atoms with Crippen molar-refractivity contribution >= 4 is 28.6 Å². The summed E-state index contributed by atoms with van der Waals surface area (Å²) in [6, 6.07) is 4.02. The highest BCUT2D eigenvalue weighted by Crippen LogP contribution is 2.36. The van der Waals surface area contributed by atoms with Crippen molar-refractivity contribution in [1.82, 2.24) is 20.4 Å². The number of amides is 1. The van der Waals surface area contributed by atoms with Crippen molar-refractivity contribution in [3.63, 3.8) is 0 Å². The van der Waals surface area contributed by atoms with Crippen LogP contribution in [-0.2, 0) is 5.54 Å². The Balaban J connectivity index is 1.64. The highest BCUT2D eigenvalue weighted by atomic mass is 32.1. The molecule has 1 saturated carbocycles. The zero-order chi connectivity index (χ0) is 18.9. The number of aryl methyl sites for hydroxylation is 2. The van der Waals surface area contributed by atoms with Crippen LogP contribution in [0.1, 0.15) is 65.6 Å². The first-order chi connectivity index (χ1) is 13.1. The zero-order valence-corrected chi connectivity index (χ0v) is 17.1. The van der Waals surface area contributed by atoms with Crippen molar-refractivity contribution in [2.45, 2.75) is 57.9 Å². The molecule has 3 heterocycles. The van der Waals surface area contributed by atoms with Gasteiger partial charge in [-0.1, -0.05) is 36.9 Å². The Labute approximate surface area is 166 Å². The molecule has 0 bridgehead atoms. The number of thiazole rings is 1. The van der Waals surface area contributed by atoms with E-state index in [9.17, 15) is 4.79 Å². The van der Waals surface area contributed by atoms with Crippen molar-refractivity contribution in [3.05, 3.63) is 39.8 Å². The third kappa shape index (κ3) is 3.68. The van der Waals surface area contributed by atoms with Gasteiger partial charge in [0.05, 0.1) is 10.6 Å². The van der Waals surface area contributed by atoms with Gasteiger partial charge in [0.2, 0.25) is 5.89 Å². The minimum atomic E-state index is -0.565. The van der Waals surface area contributed by atoms with Crippen LogP contribution in [0.15, 0.2) is 22.0 Å². The quantitative estimate of drug-likeness (QED) is 0.631. The fourth-order valence-corrected chi connectivity index (χ4v) is 5.38. The summed E-state index contributed by atoms with van der Waals surface area (Å²) in [5, 5.41) is 10.3. The van der Waals surface area contributed by atoms with Crippen LogP contribution in [0.25, 0.3) is 9.88 Å². The number of nitrogens with zero attached hydrogens (tertiary/aromatic N) is 3. The van der Waals surface area contributed by atoms with Gasteiger partial charge in [0.25, 0.3) is 5.91 Å². The number of nitrogens with one attached hydrogen (secondary N) is 1. The normalized spacial score (nSPS) is 16.8. The molecule has 3 aromatic rings. The fourth-order valence-electron chi connectivity index (χ4n) is 3.62. The minimum Gasteiger partial charge on any atom is -0.340 e. The van der Waals surface area contributed by atoms with Crippen LogP contribution in [0.3, 0.4) is 0 Å². The SMILES string of the molecule is Cc1nc(C2(NC(=O)c3sc(-c4cccs4)nc3C)CCCCCC2)no1. The van der Waals surface area contributed by atoms with Crippen LogP contribution in [0.2, 0.25) is 0 Å². The standard InChI is InChI=1S/C19H22N4O2S2/c1-12-15(27-17(20-12)14-8-7-11-26-14)16(24)22-19(9-5-3-4-6-10-19)18-21-13(2)25-23-18/h7-8,11H,3-6,9-10H2,1-2H3,(H,22,24). The van der Waals surface area contributed by atoms with Gasteiger partial charge in [-0.15, -0.1) is 22.7 Å². The van der Waals surface area contributed by atoms with Crippen molar-refractivity contribution in [2.75, 3.05) is 0 Å². The van der Waals surface area contributed by atoms with Crippen LogP contribution in [0.4, 0.5) is 0 Å². The lowest BCUT2D eigenvalue weighted by atomic mass is 9.89. The molecule has 0 radical (unpaired) electrons. The lowest BCUT2D eigenvalue weighted by molar-refractivity contribution is 0.0880. The molecule has 0 spiro atoms. The molecule has 27 heavy (non-hydrogen) atoms. The highest BCUT2D eigenvalue weighted by Gasteiger charge is 2.39. The predicted molar refractivity (Wildman–Crippen MR) is 106 cm³/mol. The number of hydrogen-bond acceptors (Lipinski definition) is 7. The second-order valence-electron chi connectivity index (χ2n) is 7.00. The van der Waals surface area contributed by atoms with Crippen molar-refractivity contribution in [1.29, 1.82) is 0 Å². The monoisotopic (exact) mass is 402 g/mol. The first-order valence-corrected chi connectivity index (χ1v) is 10.9. The van der Waals surface area contributed by atoms with Gasteiger partial charge < -0.3 is 9.84 Å². The zero-order valence-electron chi connectivity index (χ0n) is 15.4. The van der Waals surface area contributed by atoms with Gasteiger partial charge in [0.15, 0.2) is 5.82 Å². The number of carbonyl (C=O) groups excluding carboxylic acids is 1. The Morgan fingerprint density at radius 3 is 2.59 bits per heavy atom. The molecule has 6 nitrogen and oxygen atoms in total.